The second kappa shape index (κ2) is 8.41. The minimum absolute atomic E-state index is 0.0140. The van der Waals surface area contributed by atoms with Crippen LogP contribution in [0.15, 0.2) is 47.5 Å². The lowest BCUT2D eigenvalue weighted by Gasteiger charge is -2.28. The average Bonchev–Trinajstić information content (AvgIpc) is 3.29. The SMILES string of the molecule is CC1CC(Nn2c([C@H](C)Nc3ncnc4nc[nH]c34)nc3cccc(Cl)c3c2=O)=CN(C)C1=O. The van der Waals surface area contributed by atoms with Gasteiger partial charge in [-0.3, -0.25) is 15.0 Å². The van der Waals surface area contributed by atoms with Gasteiger partial charge in [0, 0.05) is 31.3 Å². The molecule has 1 amide bonds. The second-order valence-electron chi connectivity index (χ2n) is 8.25. The maximum atomic E-state index is 13.6. The first-order chi connectivity index (χ1) is 16.3. The van der Waals surface area contributed by atoms with Crippen molar-refractivity contribution in [3.05, 3.63) is 64.0 Å². The first kappa shape index (κ1) is 21.8. The molecular weight excluding hydrogens is 458 g/mol. The van der Waals surface area contributed by atoms with Crippen molar-refractivity contribution in [2.45, 2.75) is 26.3 Å². The molecule has 0 bridgehead atoms. The Hall–Kier alpha value is -3.99. The fourth-order valence-electron chi connectivity index (χ4n) is 4.08. The molecule has 0 aliphatic carbocycles. The monoisotopic (exact) mass is 479 g/mol. The summed E-state index contributed by atoms with van der Waals surface area (Å²) in [7, 11) is 1.69. The van der Waals surface area contributed by atoms with Crippen molar-refractivity contribution in [3.63, 3.8) is 0 Å². The van der Waals surface area contributed by atoms with Gasteiger partial charge in [0.2, 0.25) is 5.91 Å². The first-order valence-electron chi connectivity index (χ1n) is 10.7. The number of H-pyrrole nitrogens is 1. The predicted octanol–water partition coefficient (Wildman–Crippen LogP) is 2.77. The van der Waals surface area contributed by atoms with E-state index < -0.39 is 6.04 Å². The van der Waals surface area contributed by atoms with Crippen molar-refractivity contribution in [1.82, 2.24) is 34.5 Å². The number of amides is 1. The lowest BCUT2D eigenvalue weighted by Crippen LogP contribution is -2.39. The van der Waals surface area contributed by atoms with E-state index in [-0.39, 0.29) is 17.4 Å². The topological polar surface area (TPSA) is 134 Å². The molecule has 3 N–H and O–H groups in total. The quantitative estimate of drug-likeness (QED) is 0.398. The van der Waals surface area contributed by atoms with Gasteiger partial charge in [-0.1, -0.05) is 24.6 Å². The van der Waals surface area contributed by atoms with Crippen molar-refractivity contribution in [3.8, 4) is 0 Å². The number of imidazole rings is 1. The molecule has 0 saturated heterocycles. The molecule has 11 nitrogen and oxygen atoms in total. The number of fused-ring (bicyclic) bond motifs is 2. The highest BCUT2D eigenvalue weighted by Gasteiger charge is 2.26. The molecule has 1 unspecified atom stereocenters. The van der Waals surface area contributed by atoms with Crippen LogP contribution in [0.25, 0.3) is 22.1 Å². The van der Waals surface area contributed by atoms with Crippen molar-refractivity contribution < 1.29 is 4.79 Å². The van der Waals surface area contributed by atoms with E-state index in [0.29, 0.717) is 50.8 Å². The molecule has 174 valence electrons. The minimum atomic E-state index is -0.453. The minimum Gasteiger partial charge on any atom is -0.358 e. The predicted molar refractivity (Wildman–Crippen MR) is 129 cm³/mol. The highest BCUT2D eigenvalue weighted by atomic mass is 35.5. The van der Waals surface area contributed by atoms with Gasteiger partial charge in [0.25, 0.3) is 5.56 Å². The van der Waals surface area contributed by atoms with Gasteiger partial charge in [-0.15, -0.1) is 0 Å². The van der Waals surface area contributed by atoms with Crippen LogP contribution in [0, 0.1) is 5.92 Å². The largest absolute Gasteiger partial charge is 0.358 e. The number of carbonyl (C=O) groups is 1. The number of aromatic amines is 1. The van der Waals surface area contributed by atoms with Crippen LogP contribution in [0.5, 0.6) is 0 Å². The maximum absolute atomic E-state index is 13.6. The Bertz CT molecular complexity index is 1510. The van der Waals surface area contributed by atoms with E-state index in [1.165, 1.54) is 22.2 Å². The Morgan fingerprint density at radius 2 is 2.06 bits per heavy atom. The summed E-state index contributed by atoms with van der Waals surface area (Å²) in [5.41, 5.74) is 5.18. The van der Waals surface area contributed by atoms with E-state index in [0.717, 1.165) is 0 Å². The number of hydrogen-bond donors (Lipinski definition) is 3. The van der Waals surface area contributed by atoms with E-state index >= 15 is 0 Å². The molecule has 1 aromatic carbocycles. The molecule has 0 fully saturated rings. The van der Waals surface area contributed by atoms with Crippen LogP contribution in [0.4, 0.5) is 5.82 Å². The summed E-state index contributed by atoms with van der Waals surface area (Å²) in [6.45, 7) is 3.72. The van der Waals surface area contributed by atoms with Crippen molar-refractivity contribution in [2.24, 2.45) is 5.92 Å². The zero-order chi connectivity index (χ0) is 24.0. The third-order valence-corrected chi connectivity index (χ3v) is 6.05. The molecule has 1 aliphatic heterocycles. The Morgan fingerprint density at radius 3 is 2.85 bits per heavy atom. The maximum Gasteiger partial charge on any atom is 0.281 e. The number of hydrogen-bond acceptors (Lipinski definition) is 8. The lowest BCUT2D eigenvalue weighted by atomic mass is 10.0. The molecule has 4 aromatic rings. The number of aromatic nitrogens is 6. The van der Waals surface area contributed by atoms with Crippen molar-refractivity contribution in [2.75, 3.05) is 17.8 Å². The first-order valence-corrected chi connectivity index (χ1v) is 11.1. The van der Waals surface area contributed by atoms with Gasteiger partial charge in [-0.25, -0.2) is 24.6 Å². The molecule has 5 rings (SSSR count). The normalized spacial score (nSPS) is 17.2. The fourth-order valence-corrected chi connectivity index (χ4v) is 4.33. The van der Waals surface area contributed by atoms with Crippen LogP contribution in [0.2, 0.25) is 5.02 Å². The lowest BCUT2D eigenvalue weighted by molar-refractivity contribution is -0.131. The Balaban J connectivity index is 1.61. The van der Waals surface area contributed by atoms with E-state index in [9.17, 15) is 9.59 Å². The number of rotatable bonds is 5. The summed E-state index contributed by atoms with van der Waals surface area (Å²) in [6, 6.07) is 4.70. The van der Waals surface area contributed by atoms with Gasteiger partial charge >= 0.3 is 0 Å². The van der Waals surface area contributed by atoms with Crippen LogP contribution in [-0.4, -0.2) is 47.5 Å². The number of benzene rings is 1. The molecule has 3 aromatic heterocycles. The van der Waals surface area contributed by atoms with Crippen LogP contribution in [-0.2, 0) is 4.79 Å². The molecule has 0 radical (unpaired) electrons. The Kier molecular flexibility index (Phi) is 5.40. The van der Waals surface area contributed by atoms with Crippen molar-refractivity contribution in [1.29, 1.82) is 0 Å². The summed E-state index contributed by atoms with van der Waals surface area (Å²) in [6.07, 6.45) is 5.10. The summed E-state index contributed by atoms with van der Waals surface area (Å²) in [5.74, 6) is 0.732. The van der Waals surface area contributed by atoms with Crippen LogP contribution in [0.1, 0.15) is 32.1 Å². The molecule has 34 heavy (non-hydrogen) atoms. The molecule has 0 spiro atoms. The molecule has 0 saturated carbocycles. The second-order valence-corrected chi connectivity index (χ2v) is 8.66. The summed E-state index contributed by atoms with van der Waals surface area (Å²) < 4.78 is 1.37. The Morgan fingerprint density at radius 1 is 1.24 bits per heavy atom. The van der Waals surface area contributed by atoms with Crippen molar-refractivity contribution >= 4 is 45.4 Å². The molecule has 12 heteroatoms. The van der Waals surface area contributed by atoms with E-state index in [1.807, 2.05) is 13.8 Å². The number of anilines is 1. The van der Waals surface area contributed by atoms with E-state index in [1.54, 1.807) is 31.4 Å². The molecule has 4 heterocycles. The summed E-state index contributed by atoms with van der Waals surface area (Å²) >= 11 is 6.36. The summed E-state index contributed by atoms with van der Waals surface area (Å²) in [5, 5.41) is 3.91. The standard InChI is InChI=1S/C22H22ClN9O2/c1-11-7-13(8-31(3)21(11)33)30-32-20(29-15-6-4-5-14(23)16(15)22(32)34)12(2)28-19-17-18(25-9-24-17)26-10-27-19/h4-6,8-12,30H,7H2,1-3H3,(H2,24,25,26,27,28)/t11?,12-/m0/s1. The van der Waals surface area contributed by atoms with Crippen LogP contribution >= 0.6 is 11.6 Å². The average molecular weight is 480 g/mol. The number of nitrogens with one attached hydrogen (secondary N) is 3. The Labute approximate surface area is 198 Å². The fraction of sp³-hybridized carbons (Fsp3) is 0.273. The van der Waals surface area contributed by atoms with Crippen LogP contribution < -0.4 is 16.3 Å². The third kappa shape index (κ3) is 3.73. The number of carbonyl (C=O) groups excluding carboxylic acids is 1. The number of nitrogens with zero attached hydrogens (tertiary/aromatic N) is 6. The zero-order valence-corrected chi connectivity index (χ0v) is 19.5. The molecule has 1 aliphatic rings. The van der Waals surface area contributed by atoms with E-state index in [2.05, 4.69) is 30.7 Å². The smallest absolute Gasteiger partial charge is 0.281 e. The number of halogens is 1. The van der Waals surface area contributed by atoms with Gasteiger partial charge in [0.15, 0.2) is 17.3 Å². The highest BCUT2D eigenvalue weighted by molar-refractivity contribution is 6.35. The zero-order valence-electron chi connectivity index (χ0n) is 18.7. The van der Waals surface area contributed by atoms with Gasteiger partial charge in [-0.05, 0) is 19.1 Å². The summed E-state index contributed by atoms with van der Waals surface area (Å²) in [4.78, 5) is 47.7. The van der Waals surface area contributed by atoms with Gasteiger partial charge in [0.05, 0.1) is 28.3 Å². The highest BCUT2D eigenvalue weighted by Crippen LogP contribution is 2.25. The number of allylic oxidation sites excluding steroid dienone is 1. The molecular formula is C22H22ClN9O2. The van der Waals surface area contributed by atoms with Gasteiger partial charge in [0.1, 0.15) is 11.8 Å². The van der Waals surface area contributed by atoms with Gasteiger partial charge < -0.3 is 15.2 Å². The van der Waals surface area contributed by atoms with Crippen LogP contribution in [0.3, 0.4) is 0 Å². The van der Waals surface area contributed by atoms with E-state index in [4.69, 9.17) is 16.6 Å². The van der Waals surface area contributed by atoms with Gasteiger partial charge in [-0.2, -0.15) is 0 Å². The third-order valence-electron chi connectivity index (χ3n) is 5.74. The molecule has 2 atom stereocenters.